The fraction of sp³-hybridized carbons (Fsp3) is 0.467. The van der Waals surface area contributed by atoms with Crippen LogP contribution in [0.3, 0.4) is 0 Å². The van der Waals surface area contributed by atoms with E-state index in [0.717, 1.165) is 54.8 Å². The maximum Gasteiger partial charge on any atom is 0.421 e. The molecule has 0 spiro atoms. The summed E-state index contributed by atoms with van der Waals surface area (Å²) in [5.41, 5.74) is 7.66. The third kappa shape index (κ3) is 3.79. The number of nitrogens with two attached hydrogens (primary N) is 1. The number of pyridine rings is 1. The molecule has 3 aliphatic rings. The number of aryl methyl sites for hydroxylation is 1. The number of halogens is 3. The number of piperidine rings is 1. The van der Waals surface area contributed by atoms with Crippen molar-refractivity contribution in [1.29, 1.82) is 0 Å². The Labute approximate surface area is 229 Å². The maximum absolute atomic E-state index is 13.6. The topological polar surface area (TPSA) is 88.8 Å². The highest BCUT2D eigenvalue weighted by Crippen LogP contribution is 2.42. The molecule has 2 bridgehead atoms. The Morgan fingerprint density at radius 2 is 1.88 bits per heavy atom. The summed E-state index contributed by atoms with van der Waals surface area (Å²) in [7, 11) is 0. The van der Waals surface area contributed by atoms with E-state index in [-0.39, 0.29) is 23.6 Å². The third-order valence-corrected chi connectivity index (χ3v) is 9.44. The van der Waals surface area contributed by atoms with Crippen LogP contribution in [0.2, 0.25) is 0 Å². The van der Waals surface area contributed by atoms with Crippen LogP contribution in [-0.4, -0.2) is 54.9 Å². The van der Waals surface area contributed by atoms with Crippen molar-refractivity contribution in [2.75, 3.05) is 6.54 Å². The zero-order valence-corrected chi connectivity index (χ0v) is 22.4. The van der Waals surface area contributed by atoms with Gasteiger partial charge in [0.15, 0.2) is 5.60 Å². The lowest BCUT2D eigenvalue weighted by atomic mass is 9.94. The minimum absolute atomic E-state index is 0.0358. The van der Waals surface area contributed by atoms with Crippen molar-refractivity contribution >= 4 is 22.3 Å². The van der Waals surface area contributed by atoms with Crippen LogP contribution < -0.4 is 5.73 Å². The van der Waals surface area contributed by atoms with Gasteiger partial charge in [-0.2, -0.15) is 18.3 Å². The summed E-state index contributed by atoms with van der Waals surface area (Å²) in [6.45, 7) is 4.10. The fourth-order valence-corrected chi connectivity index (χ4v) is 6.66. The first-order valence-corrected chi connectivity index (χ1v) is 13.9. The Bertz CT molecular complexity index is 1670. The first kappa shape index (κ1) is 25.6. The molecule has 3 unspecified atom stereocenters. The number of fused-ring (bicyclic) bond motifs is 4. The van der Waals surface area contributed by atoms with Crippen LogP contribution in [0.4, 0.5) is 13.2 Å². The molecule has 10 heteroatoms. The highest BCUT2D eigenvalue weighted by Gasteiger charge is 2.51. The summed E-state index contributed by atoms with van der Waals surface area (Å²) in [5.74, 6) is 0.779. The molecule has 3 aromatic heterocycles. The molecular weight excluding hydrogens is 519 g/mol. The van der Waals surface area contributed by atoms with Gasteiger partial charge in [0.2, 0.25) is 0 Å². The molecular formula is C30H32F3N5O2. The average molecular weight is 552 g/mol. The standard InChI is InChI=1S/C30H32F3N5O2/c1-16-22-9-7-20(28(39)37-14-19-6-10-23(37)26(19)34)15-38(22)35-27(16)25-11-18-5-8-21(29(2,40)30(31,32)33)12-24(18)36(25)13-17-3-4-17/h5,7-9,11-12,15,17,19,23,26,40H,3-4,6,10,13-14,34H2,1-2H3/t19?,23?,26-,29?/m1/s1. The molecule has 1 saturated heterocycles. The van der Waals surface area contributed by atoms with Crippen LogP contribution in [0.1, 0.15) is 54.1 Å². The Morgan fingerprint density at radius 3 is 2.52 bits per heavy atom. The molecule has 3 fully saturated rings. The van der Waals surface area contributed by atoms with Gasteiger partial charge in [-0.3, -0.25) is 4.79 Å². The molecule has 1 amide bonds. The molecule has 2 aliphatic carbocycles. The Kier molecular flexibility index (Phi) is 5.48. The van der Waals surface area contributed by atoms with E-state index in [1.54, 1.807) is 16.8 Å². The van der Waals surface area contributed by atoms with Gasteiger partial charge in [0, 0.05) is 47.8 Å². The van der Waals surface area contributed by atoms with E-state index < -0.39 is 11.8 Å². The quantitative estimate of drug-likeness (QED) is 0.365. The van der Waals surface area contributed by atoms with Crippen molar-refractivity contribution < 1.29 is 23.1 Å². The molecule has 7 rings (SSSR count). The molecule has 2 saturated carbocycles. The summed E-state index contributed by atoms with van der Waals surface area (Å²) in [6, 6.07) is 10.2. The van der Waals surface area contributed by atoms with Gasteiger partial charge in [0.1, 0.15) is 5.69 Å². The van der Waals surface area contributed by atoms with Gasteiger partial charge in [-0.05, 0) is 81.2 Å². The lowest BCUT2D eigenvalue weighted by Gasteiger charge is -2.27. The largest absolute Gasteiger partial charge is 0.421 e. The maximum atomic E-state index is 13.6. The minimum Gasteiger partial charge on any atom is -0.376 e. The second kappa shape index (κ2) is 8.57. The van der Waals surface area contributed by atoms with Crippen molar-refractivity contribution in [2.45, 2.75) is 69.9 Å². The van der Waals surface area contributed by atoms with Crippen LogP contribution in [0.5, 0.6) is 0 Å². The van der Waals surface area contributed by atoms with Gasteiger partial charge < -0.3 is 20.3 Å². The molecule has 3 N–H and O–H groups in total. The minimum atomic E-state index is -4.80. The SMILES string of the molecule is Cc1c(-c2cc3ccc(C(C)(O)C(F)(F)F)cc3n2CC2CC2)nn2cc(C(=O)N3CC4CCC3[C@@H]4N)ccc12. The van der Waals surface area contributed by atoms with Gasteiger partial charge in [-0.15, -0.1) is 0 Å². The molecule has 0 radical (unpaired) electrons. The molecule has 1 aliphatic heterocycles. The number of benzene rings is 1. The molecule has 7 nitrogen and oxygen atoms in total. The summed E-state index contributed by atoms with van der Waals surface area (Å²) in [5, 5.41) is 16.0. The van der Waals surface area contributed by atoms with Gasteiger partial charge in [0.25, 0.3) is 5.91 Å². The normalized spacial score (nSPS) is 24.4. The van der Waals surface area contributed by atoms with Crippen LogP contribution >= 0.6 is 0 Å². The van der Waals surface area contributed by atoms with Gasteiger partial charge in [-0.1, -0.05) is 12.1 Å². The predicted octanol–water partition coefficient (Wildman–Crippen LogP) is 5.01. The predicted molar refractivity (Wildman–Crippen MR) is 145 cm³/mol. The van der Waals surface area contributed by atoms with Crippen LogP contribution in [0, 0.1) is 18.8 Å². The average Bonchev–Trinajstić information content (AvgIpc) is 3.32. The molecule has 4 heterocycles. The first-order chi connectivity index (χ1) is 18.9. The Morgan fingerprint density at radius 1 is 1.10 bits per heavy atom. The van der Waals surface area contributed by atoms with E-state index in [9.17, 15) is 23.1 Å². The Hall–Kier alpha value is -3.37. The monoisotopic (exact) mass is 551 g/mol. The second-order valence-electron chi connectivity index (χ2n) is 12.1. The number of aliphatic hydroxyl groups is 1. The van der Waals surface area contributed by atoms with Gasteiger partial charge in [-0.25, -0.2) is 4.52 Å². The van der Waals surface area contributed by atoms with E-state index >= 15 is 0 Å². The zero-order valence-electron chi connectivity index (χ0n) is 22.4. The highest BCUT2D eigenvalue weighted by atomic mass is 19.4. The molecule has 1 aromatic carbocycles. The van der Waals surface area contributed by atoms with Crippen molar-refractivity contribution in [3.8, 4) is 11.4 Å². The third-order valence-electron chi connectivity index (χ3n) is 9.44. The highest BCUT2D eigenvalue weighted by molar-refractivity contribution is 5.95. The number of alkyl halides is 3. The number of aromatic nitrogens is 3. The number of hydrogen-bond acceptors (Lipinski definition) is 4. The number of rotatable bonds is 5. The zero-order chi connectivity index (χ0) is 28.1. The van der Waals surface area contributed by atoms with Crippen molar-refractivity contribution in [1.82, 2.24) is 19.1 Å². The lowest BCUT2D eigenvalue weighted by molar-refractivity contribution is -0.258. The van der Waals surface area contributed by atoms with Crippen molar-refractivity contribution in [3.63, 3.8) is 0 Å². The van der Waals surface area contributed by atoms with E-state index in [1.165, 1.54) is 12.1 Å². The summed E-state index contributed by atoms with van der Waals surface area (Å²) in [4.78, 5) is 15.3. The van der Waals surface area contributed by atoms with E-state index in [4.69, 9.17) is 10.8 Å². The Balaban J connectivity index is 1.30. The number of amides is 1. The fourth-order valence-electron chi connectivity index (χ4n) is 6.66. The lowest BCUT2D eigenvalue weighted by Crippen LogP contribution is -2.41. The second-order valence-corrected chi connectivity index (χ2v) is 12.1. The first-order valence-electron chi connectivity index (χ1n) is 13.9. The molecule has 4 aromatic rings. The van der Waals surface area contributed by atoms with Crippen LogP contribution in [0.25, 0.3) is 27.8 Å². The van der Waals surface area contributed by atoms with Gasteiger partial charge in [0.05, 0.1) is 16.8 Å². The number of nitrogens with zero attached hydrogens (tertiary/aromatic N) is 4. The number of hydrogen-bond donors (Lipinski definition) is 2. The van der Waals surface area contributed by atoms with Crippen molar-refractivity contribution in [2.24, 2.45) is 17.6 Å². The van der Waals surface area contributed by atoms with E-state index in [1.807, 2.05) is 34.6 Å². The smallest absolute Gasteiger partial charge is 0.376 e. The molecule has 40 heavy (non-hydrogen) atoms. The van der Waals surface area contributed by atoms with E-state index in [2.05, 4.69) is 0 Å². The number of carbonyl (C=O) groups excluding carboxylic acids is 1. The summed E-state index contributed by atoms with van der Waals surface area (Å²) < 4.78 is 44.6. The van der Waals surface area contributed by atoms with Crippen LogP contribution in [-0.2, 0) is 12.1 Å². The van der Waals surface area contributed by atoms with E-state index in [0.29, 0.717) is 41.7 Å². The van der Waals surface area contributed by atoms with Gasteiger partial charge >= 0.3 is 6.18 Å². The number of carbonyl (C=O) groups is 1. The number of likely N-dealkylation sites (tertiary alicyclic amines) is 1. The molecule has 210 valence electrons. The molecule has 4 atom stereocenters. The summed E-state index contributed by atoms with van der Waals surface area (Å²) in [6.07, 6.45) is 1.10. The van der Waals surface area contributed by atoms with Crippen LogP contribution in [0.15, 0.2) is 42.6 Å². The van der Waals surface area contributed by atoms with Crippen molar-refractivity contribution in [3.05, 3.63) is 59.3 Å². The summed E-state index contributed by atoms with van der Waals surface area (Å²) >= 11 is 0.